The molecule has 2 aliphatic heterocycles. The summed E-state index contributed by atoms with van der Waals surface area (Å²) in [6.45, 7) is 2.16. The molecule has 0 aliphatic carbocycles. The second kappa shape index (κ2) is 9.99. The zero-order chi connectivity index (χ0) is 24.4. The third kappa shape index (κ3) is 4.58. The van der Waals surface area contributed by atoms with Crippen LogP contribution in [0.25, 0.3) is 0 Å². The normalized spacial score (nSPS) is 20.0. The number of aliphatic carboxylic acids is 1. The molecule has 11 nitrogen and oxygen atoms in total. The van der Waals surface area contributed by atoms with Crippen LogP contribution in [0, 0.1) is 0 Å². The minimum atomic E-state index is -1.45. The number of carboxylic acid groups (broad SMARTS) is 1. The number of fused-ring (bicyclic) bond motifs is 1. The van der Waals surface area contributed by atoms with Crippen LogP contribution in [0.1, 0.15) is 12.6 Å². The van der Waals surface area contributed by atoms with Crippen LogP contribution in [0.3, 0.4) is 0 Å². The lowest BCUT2D eigenvalue weighted by molar-refractivity contribution is -0.689. The highest BCUT2D eigenvalue weighted by Gasteiger charge is 2.53. The number of amides is 2. The van der Waals surface area contributed by atoms with E-state index in [1.54, 1.807) is 19.3 Å². The SMILES string of the molecule is CCON=C(C(=O)NC1C(=O)N2C(C(=O)[O-])=C(C[n+]3ccccc3)CS[C@@H]12)c1nc(N)sc1Cl. The Morgan fingerprint density at radius 3 is 2.76 bits per heavy atom. The molecule has 3 N–H and O–H groups in total. The molecule has 1 unspecified atom stereocenters. The first-order valence-corrected chi connectivity index (χ1v) is 12.3. The Kier molecular flexibility index (Phi) is 7.05. The summed E-state index contributed by atoms with van der Waals surface area (Å²) >= 11 is 8.43. The van der Waals surface area contributed by atoms with E-state index in [0.29, 0.717) is 17.9 Å². The first kappa shape index (κ1) is 24.0. The summed E-state index contributed by atoms with van der Waals surface area (Å²) in [6, 6.07) is 4.52. The van der Waals surface area contributed by atoms with Crippen LogP contribution in [0.5, 0.6) is 0 Å². The Labute approximate surface area is 207 Å². The van der Waals surface area contributed by atoms with E-state index < -0.39 is 29.2 Å². The predicted molar refractivity (Wildman–Crippen MR) is 123 cm³/mol. The number of nitrogens with zero attached hydrogens (tertiary/aromatic N) is 4. The molecule has 2 aromatic heterocycles. The largest absolute Gasteiger partial charge is 0.543 e. The number of β-lactam (4-membered cyclic amide) rings is 1. The average molecular weight is 523 g/mol. The Hall–Kier alpha value is -3.16. The van der Waals surface area contributed by atoms with Gasteiger partial charge in [-0.2, -0.15) is 0 Å². The molecule has 0 spiro atoms. The van der Waals surface area contributed by atoms with Crippen molar-refractivity contribution in [1.29, 1.82) is 0 Å². The smallest absolute Gasteiger partial charge is 0.276 e. The third-order valence-electron chi connectivity index (χ3n) is 5.00. The molecule has 4 heterocycles. The molecule has 0 radical (unpaired) electrons. The zero-order valence-electron chi connectivity index (χ0n) is 17.8. The zero-order valence-corrected chi connectivity index (χ0v) is 20.2. The molecule has 2 amide bonds. The van der Waals surface area contributed by atoms with Crippen LogP contribution in [0.15, 0.2) is 47.0 Å². The van der Waals surface area contributed by atoms with Gasteiger partial charge in [0.25, 0.3) is 11.8 Å². The van der Waals surface area contributed by atoms with Crippen molar-refractivity contribution < 1.29 is 28.9 Å². The number of halogens is 1. The molecule has 2 atom stereocenters. The van der Waals surface area contributed by atoms with E-state index in [-0.39, 0.29) is 33.2 Å². The molecule has 0 bridgehead atoms. The summed E-state index contributed by atoms with van der Waals surface area (Å²) in [5.74, 6) is -2.41. The fourth-order valence-corrected chi connectivity index (χ4v) is 5.81. The van der Waals surface area contributed by atoms with Gasteiger partial charge in [-0.1, -0.05) is 34.2 Å². The van der Waals surface area contributed by atoms with E-state index in [1.165, 1.54) is 11.8 Å². The third-order valence-corrected chi connectivity index (χ3v) is 7.43. The number of aromatic nitrogens is 2. The fraction of sp³-hybridized carbons (Fsp3) is 0.300. The molecule has 0 aromatic carbocycles. The van der Waals surface area contributed by atoms with Crippen LogP contribution in [0.2, 0.25) is 4.34 Å². The van der Waals surface area contributed by atoms with E-state index in [4.69, 9.17) is 22.2 Å². The molecule has 1 saturated heterocycles. The Bertz CT molecular complexity index is 1200. The van der Waals surface area contributed by atoms with Crippen LogP contribution < -0.4 is 20.7 Å². The van der Waals surface area contributed by atoms with Gasteiger partial charge < -0.3 is 25.8 Å². The van der Waals surface area contributed by atoms with Gasteiger partial charge in [0.1, 0.15) is 28.1 Å². The van der Waals surface area contributed by atoms with Crippen molar-refractivity contribution in [1.82, 2.24) is 15.2 Å². The highest BCUT2D eigenvalue weighted by Crippen LogP contribution is 2.40. The van der Waals surface area contributed by atoms with Crippen molar-refractivity contribution in [2.45, 2.75) is 24.9 Å². The van der Waals surface area contributed by atoms with Gasteiger partial charge in [-0.3, -0.25) is 14.5 Å². The van der Waals surface area contributed by atoms with Gasteiger partial charge in [-0.05, 0) is 6.92 Å². The number of oxime groups is 1. The van der Waals surface area contributed by atoms with Gasteiger partial charge in [-0.25, -0.2) is 9.55 Å². The molecule has 2 aliphatic rings. The maximum atomic E-state index is 13.0. The Morgan fingerprint density at radius 2 is 2.15 bits per heavy atom. The van der Waals surface area contributed by atoms with Gasteiger partial charge in [-0.15, -0.1) is 11.8 Å². The predicted octanol–water partition coefficient (Wildman–Crippen LogP) is -0.489. The number of thioether (sulfide) groups is 1. The van der Waals surface area contributed by atoms with Crippen LogP contribution in [0.4, 0.5) is 5.13 Å². The maximum Gasteiger partial charge on any atom is 0.276 e. The number of carbonyl (C=O) groups is 3. The van der Waals surface area contributed by atoms with E-state index in [9.17, 15) is 19.5 Å². The van der Waals surface area contributed by atoms with Crippen molar-refractivity contribution in [2.24, 2.45) is 5.16 Å². The number of thiazole rings is 1. The highest BCUT2D eigenvalue weighted by molar-refractivity contribution is 8.00. The lowest BCUT2D eigenvalue weighted by Gasteiger charge is -2.50. The lowest BCUT2D eigenvalue weighted by atomic mass is 10.0. The average Bonchev–Trinajstić information content (AvgIpc) is 3.15. The van der Waals surface area contributed by atoms with Crippen molar-refractivity contribution in [3.63, 3.8) is 0 Å². The van der Waals surface area contributed by atoms with Gasteiger partial charge in [0.2, 0.25) is 0 Å². The molecule has 178 valence electrons. The van der Waals surface area contributed by atoms with Crippen molar-refractivity contribution in [3.8, 4) is 0 Å². The molecule has 0 saturated carbocycles. The summed E-state index contributed by atoms with van der Waals surface area (Å²) in [4.78, 5) is 48.0. The van der Waals surface area contributed by atoms with Crippen molar-refractivity contribution in [3.05, 3.63) is 51.9 Å². The van der Waals surface area contributed by atoms with Crippen molar-refractivity contribution in [2.75, 3.05) is 18.1 Å². The number of nitrogen functional groups attached to an aromatic ring is 1. The number of hydrogen-bond donors (Lipinski definition) is 2. The van der Waals surface area contributed by atoms with Gasteiger partial charge >= 0.3 is 0 Å². The number of nitrogens with one attached hydrogen (secondary N) is 1. The van der Waals surface area contributed by atoms with Crippen LogP contribution in [-0.2, 0) is 25.8 Å². The fourth-order valence-electron chi connectivity index (χ4n) is 3.55. The summed E-state index contributed by atoms with van der Waals surface area (Å²) in [6.07, 6.45) is 3.60. The summed E-state index contributed by atoms with van der Waals surface area (Å²) in [5, 5.41) is 17.8. The molecule has 2 aromatic rings. The van der Waals surface area contributed by atoms with E-state index in [1.807, 2.05) is 22.8 Å². The van der Waals surface area contributed by atoms with Gasteiger partial charge in [0.15, 0.2) is 29.8 Å². The number of carboxylic acids is 1. The minimum absolute atomic E-state index is 0.0348. The maximum absolute atomic E-state index is 13.0. The van der Waals surface area contributed by atoms with E-state index >= 15 is 0 Å². The standard InChI is InChI=1S/C20H19ClN6O5S2/c1-2-32-25-12(11-15(21)34-20(22)24-11)16(28)23-13-17(29)27-14(19(30)31)10(9-33-18(13)27)8-26-6-4-3-5-7-26/h3-7,13,18H,2,8-9H2,1H3,(H3-,22,23,24,28,30,31)/t13?,18-/m0/s1. The molecular weight excluding hydrogens is 504 g/mol. The topological polar surface area (TPSA) is 154 Å². The van der Waals surface area contributed by atoms with Gasteiger partial charge in [0.05, 0.1) is 11.7 Å². The Balaban J connectivity index is 1.55. The van der Waals surface area contributed by atoms with Crippen molar-refractivity contribution >= 4 is 63.3 Å². The number of carbonyl (C=O) groups excluding carboxylic acids is 3. The summed E-state index contributed by atoms with van der Waals surface area (Å²) < 4.78 is 1.95. The quantitative estimate of drug-likeness (QED) is 0.204. The lowest BCUT2D eigenvalue weighted by Crippen LogP contribution is -2.71. The van der Waals surface area contributed by atoms with E-state index in [2.05, 4.69) is 15.5 Å². The number of rotatable bonds is 8. The van der Waals surface area contributed by atoms with E-state index in [0.717, 1.165) is 16.2 Å². The molecule has 4 rings (SSSR count). The summed E-state index contributed by atoms with van der Waals surface area (Å²) in [7, 11) is 0. The van der Waals surface area contributed by atoms with Crippen LogP contribution >= 0.6 is 34.7 Å². The first-order valence-electron chi connectivity index (χ1n) is 10.1. The highest BCUT2D eigenvalue weighted by atomic mass is 35.5. The minimum Gasteiger partial charge on any atom is -0.543 e. The monoisotopic (exact) mass is 522 g/mol. The second-order valence-corrected chi connectivity index (χ2v) is 9.92. The number of pyridine rings is 1. The van der Waals surface area contributed by atoms with Crippen LogP contribution in [-0.4, -0.2) is 57.2 Å². The number of hydrogen-bond acceptors (Lipinski definition) is 10. The summed E-state index contributed by atoms with van der Waals surface area (Å²) in [5.41, 5.74) is 5.84. The molecule has 14 heteroatoms. The molecule has 34 heavy (non-hydrogen) atoms. The number of anilines is 1. The molecular formula is C20H19ClN6O5S2. The first-order chi connectivity index (χ1) is 16.3. The Morgan fingerprint density at radius 1 is 1.41 bits per heavy atom. The van der Waals surface area contributed by atoms with Gasteiger partial charge in [0, 0.05) is 23.5 Å². The molecule has 1 fully saturated rings. The number of nitrogens with two attached hydrogens (primary N) is 1. The second-order valence-electron chi connectivity index (χ2n) is 7.18.